The van der Waals surface area contributed by atoms with E-state index in [-0.39, 0.29) is 5.69 Å². The van der Waals surface area contributed by atoms with Gasteiger partial charge in [-0.2, -0.15) is 13.2 Å². The predicted molar refractivity (Wildman–Crippen MR) is 89.5 cm³/mol. The number of nitrogens with zero attached hydrogens (tertiary/aromatic N) is 1. The zero-order valence-corrected chi connectivity index (χ0v) is 13.7. The van der Waals surface area contributed by atoms with E-state index in [0.29, 0.717) is 11.3 Å². The average Bonchev–Trinajstić information content (AvgIpc) is 2.53. The summed E-state index contributed by atoms with van der Waals surface area (Å²) in [4.78, 5) is 14.0. The van der Waals surface area contributed by atoms with Crippen molar-refractivity contribution in [3.63, 3.8) is 0 Å². The second-order valence-electron chi connectivity index (χ2n) is 5.63. The zero-order valence-electron chi connectivity index (χ0n) is 13.7. The molecule has 0 saturated carbocycles. The Kier molecular flexibility index (Phi) is 5.17. The van der Waals surface area contributed by atoms with Crippen LogP contribution in [0.3, 0.4) is 0 Å². The molecule has 0 saturated heterocycles. The quantitative estimate of drug-likeness (QED) is 0.886. The van der Waals surface area contributed by atoms with Gasteiger partial charge < -0.3 is 10.2 Å². The van der Waals surface area contributed by atoms with Gasteiger partial charge in [-0.15, -0.1) is 0 Å². The molecule has 0 aliphatic heterocycles. The van der Waals surface area contributed by atoms with E-state index < -0.39 is 17.6 Å². The number of anilines is 2. The van der Waals surface area contributed by atoms with E-state index in [1.54, 1.807) is 31.1 Å². The van der Waals surface area contributed by atoms with E-state index in [4.69, 9.17) is 0 Å². The number of hydrogen-bond acceptors (Lipinski definition) is 2. The van der Waals surface area contributed by atoms with Gasteiger partial charge in [-0.3, -0.25) is 4.79 Å². The van der Waals surface area contributed by atoms with Gasteiger partial charge in [0.1, 0.15) is 0 Å². The topological polar surface area (TPSA) is 32.3 Å². The first-order chi connectivity index (χ1) is 11.2. The number of benzene rings is 2. The first-order valence-corrected chi connectivity index (χ1v) is 7.51. The molecule has 2 aromatic carbocycles. The molecule has 0 aliphatic rings. The highest BCUT2D eigenvalue weighted by Gasteiger charge is 2.31. The Bertz CT molecular complexity index is 722. The molecule has 0 heterocycles. The molecule has 0 aliphatic carbocycles. The van der Waals surface area contributed by atoms with E-state index >= 15 is 0 Å². The summed E-state index contributed by atoms with van der Waals surface area (Å²) < 4.78 is 38.8. The van der Waals surface area contributed by atoms with Crippen molar-refractivity contribution in [2.24, 2.45) is 0 Å². The highest BCUT2D eigenvalue weighted by Crippen LogP contribution is 2.35. The molecule has 1 N–H and O–H groups in total. The Morgan fingerprint density at radius 2 is 1.71 bits per heavy atom. The second kappa shape index (κ2) is 6.95. The van der Waals surface area contributed by atoms with Crippen LogP contribution in [0.5, 0.6) is 0 Å². The number of hydrogen-bond donors (Lipinski definition) is 1. The van der Waals surface area contributed by atoms with E-state index in [1.165, 1.54) is 6.07 Å². The van der Waals surface area contributed by atoms with Gasteiger partial charge in [-0.1, -0.05) is 19.1 Å². The highest BCUT2D eigenvalue weighted by atomic mass is 19.4. The van der Waals surface area contributed by atoms with Crippen molar-refractivity contribution in [3.8, 4) is 0 Å². The Balaban J connectivity index is 2.33. The first-order valence-electron chi connectivity index (χ1n) is 7.51. The van der Waals surface area contributed by atoms with Gasteiger partial charge in [0, 0.05) is 19.7 Å². The lowest BCUT2D eigenvalue weighted by Crippen LogP contribution is -2.18. The molecule has 0 radical (unpaired) electrons. The predicted octanol–water partition coefficient (Wildman–Crippen LogP) is 4.59. The minimum Gasteiger partial charge on any atom is -0.376 e. The Morgan fingerprint density at radius 1 is 1.08 bits per heavy atom. The SMILES string of the molecule is CCc1ccc(C(=O)Nc2cc(C(F)(F)F)ccc2N(C)C)cc1. The summed E-state index contributed by atoms with van der Waals surface area (Å²) >= 11 is 0. The summed E-state index contributed by atoms with van der Waals surface area (Å²) in [5.41, 5.74) is 1.31. The lowest BCUT2D eigenvalue weighted by molar-refractivity contribution is -0.137. The Morgan fingerprint density at radius 3 is 2.21 bits per heavy atom. The molecule has 2 rings (SSSR count). The molecular weight excluding hydrogens is 317 g/mol. The van der Waals surface area contributed by atoms with Crippen LogP contribution in [0.4, 0.5) is 24.5 Å². The zero-order chi connectivity index (χ0) is 17.9. The summed E-state index contributed by atoms with van der Waals surface area (Å²) in [6.45, 7) is 2.00. The molecule has 3 nitrogen and oxygen atoms in total. The third-order valence-corrected chi connectivity index (χ3v) is 3.68. The van der Waals surface area contributed by atoms with Crippen LogP contribution in [0.25, 0.3) is 0 Å². The smallest absolute Gasteiger partial charge is 0.376 e. The van der Waals surface area contributed by atoms with Crippen LogP contribution in [-0.2, 0) is 12.6 Å². The summed E-state index contributed by atoms with van der Waals surface area (Å²) in [7, 11) is 3.41. The van der Waals surface area contributed by atoms with Gasteiger partial charge in [0.05, 0.1) is 16.9 Å². The summed E-state index contributed by atoms with van der Waals surface area (Å²) in [6.07, 6.45) is -3.62. The van der Waals surface area contributed by atoms with Gasteiger partial charge in [0.2, 0.25) is 0 Å². The Hall–Kier alpha value is -2.50. The molecule has 2 aromatic rings. The standard InChI is InChI=1S/C18H19F3N2O/c1-4-12-5-7-13(8-6-12)17(24)22-15-11-14(18(19,20)21)9-10-16(15)23(2)3/h5-11H,4H2,1-3H3,(H,22,24). The van der Waals surface area contributed by atoms with Crippen molar-refractivity contribution < 1.29 is 18.0 Å². The van der Waals surface area contributed by atoms with Crippen molar-refractivity contribution >= 4 is 17.3 Å². The number of aryl methyl sites for hydroxylation is 1. The third-order valence-electron chi connectivity index (χ3n) is 3.68. The van der Waals surface area contributed by atoms with Crippen LogP contribution in [0.1, 0.15) is 28.4 Å². The van der Waals surface area contributed by atoms with Gasteiger partial charge in [-0.05, 0) is 42.3 Å². The largest absolute Gasteiger partial charge is 0.416 e. The number of rotatable bonds is 4. The van der Waals surface area contributed by atoms with Crippen LogP contribution in [0.15, 0.2) is 42.5 Å². The minimum absolute atomic E-state index is 0.124. The lowest BCUT2D eigenvalue weighted by atomic mass is 10.1. The molecule has 0 aromatic heterocycles. The molecule has 0 bridgehead atoms. The number of carbonyl (C=O) groups is 1. The van der Waals surface area contributed by atoms with Crippen LogP contribution in [0.2, 0.25) is 0 Å². The normalized spacial score (nSPS) is 11.2. The number of alkyl halides is 3. The molecule has 0 fully saturated rings. The second-order valence-corrected chi connectivity index (χ2v) is 5.63. The van der Waals surface area contributed by atoms with Gasteiger partial charge in [0.15, 0.2) is 0 Å². The van der Waals surface area contributed by atoms with Crippen LogP contribution in [0, 0.1) is 0 Å². The van der Waals surface area contributed by atoms with Crippen LogP contribution >= 0.6 is 0 Å². The summed E-state index contributed by atoms with van der Waals surface area (Å²) in [5.74, 6) is -0.444. The Labute approximate surface area is 139 Å². The van der Waals surface area contributed by atoms with E-state index in [9.17, 15) is 18.0 Å². The van der Waals surface area contributed by atoms with E-state index in [0.717, 1.165) is 24.1 Å². The van der Waals surface area contributed by atoms with Crippen molar-refractivity contribution in [2.45, 2.75) is 19.5 Å². The number of amides is 1. The molecule has 24 heavy (non-hydrogen) atoms. The summed E-state index contributed by atoms with van der Waals surface area (Å²) in [6, 6.07) is 10.3. The molecule has 0 atom stereocenters. The number of halogens is 3. The van der Waals surface area contributed by atoms with Crippen molar-refractivity contribution in [3.05, 3.63) is 59.2 Å². The maximum atomic E-state index is 12.9. The number of carbonyl (C=O) groups excluding carboxylic acids is 1. The fraction of sp³-hybridized carbons (Fsp3) is 0.278. The van der Waals surface area contributed by atoms with E-state index in [2.05, 4.69) is 5.32 Å². The number of nitrogens with one attached hydrogen (secondary N) is 1. The molecule has 128 valence electrons. The fourth-order valence-electron chi connectivity index (χ4n) is 2.29. The third kappa shape index (κ3) is 4.07. The fourth-order valence-corrected chi connectivity index (χ4v) is 2.29. The molecule has 0 spiro atoms. The van der Waals surface area contributed by atoms with Gasteiger partial charge >= 0.3 is 6.18 Å². The van der Waals surface area contributed by atoms with E-state index in [1.807, 2.05) is 19.1 Å². The maximum absolute atomic E-state index is 12.9. The van der Waals surface area contributed by atoms with Crippen LogP contribution < -0.4 is 10.2 Å². The monoisotopic (exact) mass is 336 g/mol. The van der Waals surface area contributed by atoms with Gasteiger partial charge in [-0.25, -0.2) is 0 Å². The van der Waals surface area contributed by atoms with Crippen molar-refractivity contribution in [1.82, 2.24) is 0 Å². The lowest BCUT2D eigenvalue weighted by Gasteiger charge is -2.20. The minimum atomic E-state index is -4.47. The molecule has 0 unspecified atom stereocenters. The molecular formula is C18H19F3N2O. The van der Waals surface area contributed by atoms with Crippen LogP contribution in [-0.4, -0.2) is 20.0 Å². The van der Waals surface area contributed by atoms with Crippen molar-refractivity contribution in [1.29, 1.82) is 0 Å². The molecule has 1 amide bonds. The van der Waals surface area contributed by atoms with Crippen molar-refractivity contribution in [2.75, 3.05) is 24.3 Å². The average molecular weight is 336 g/mol. The highest BCUT2D eigenvalue weighted by molar-refractivity contribution is 6.06. The maximum Gasteiger partial charge on any atom is 0.416 e. The summed E-state index contributed by atoms with van der Waals surface area (Å²) in [5, 5.41) is 2.58. The van der Waals surface area contributed by atoms with Gasteiger partial charge in [0.25, 0.3) is 5.91 Å². The first kappa shape index (κ1) is 17.8. The molecule has 6 heteroatoms.